The van der Waals surface area contributed by atoms with Crippen molar-refractivity contribution in [3.8, 4) is 0 Å². The Labute approximate surface area is 160 Å². The minimum absolute atomic E-state index is 0.0713. The van der Waals surface area contributed by atoms with E-state index in [4.69, 9.17) is 27.9 Å². The molecule has 0 aromatic rings. The number of hydrogen-bond donors (Lipinski definition) is 0. The summed E-state index contributed by atoms with van der Waals surface area (Å²) in [7, 11) is 0. The maximum absolute atomic E-state index is 11.2. The second-order valence-corrected chi connectivity index (χ2v) is 7.82. The summed E-state index contributed by atoms with van der Waals surface area (Å²) in [6, 6.07) is 0. The third kappa shape index (κ3) is 15.6. The molecule has 24 heavy (non-hydrogen) atoms. The third-order valence-corrected chi connectivity index (χ3v) is 5.57. The number of unbranched alkanes of at least 4 members (excludes halogenated alkanes) is 9. The van der Waals surface area contributed by atoms with Gasteiger partial charge in [-0.15, -0.1) is 23.2 Å². The summed E-state index contributed by atoms with van der Waals surface area (Å²) >= 11 is 12.8. The summed E-state index contributed by atoms with van der Waals surface area (Å²) in [5.74, 6) is -0.0713. The molecule has 0 aromatic carbocycles. The van der Waals surface area contributed by atoms with Gasteiger partial charge in [-0.3, -0.25) is 4.79 Å². The Morgan fingerprint density at radius 3 is 1.71 bits per heavy atom. The zero-order chi connectivity index (χ0) is 18.0. The molecule has 4 heteroatoms. The van der Waals surface area contributed by atoms with E-state index in [2.05, 4.69) is 6.92 Å². The minimum atomic E-state index is -0.0713. The first-order valence-corrected chi connectivity index (χ1v) is 10.9. The summed E-state index contributed by atoms with van der Waals surface area (Å²) in [5, 5.41) is 0.212. The van der Waals surface area contributed by atoms with Crippen LogP contribution in [0.15, 0.2) is 0 Å². The molecular weight excluding hydrogens is 343 g/mol. The smallest absolute Gasteiger partial charge is 0.305 e. The van der Waals surface area contributed by atoms with Crippen molar-refractivity contribution in [2.45, 2.75) is 114 Å². The van der Waals surface area contributed by atoms with Gasteiger partial charge in [-0.2, -0.15) is 0 Å². The van der Waals surface area contributed by atoms with E-state index < -0.39 is 0 Å². The third-order valence-electron chi connectivity index (χ3n) is 4.39. The Balaban J connectivity index is 3.41. The Hall–Kier alpha value is 0.0500. The van der Waals surface area contributed by atoms with Gasteiger partial charge in [0, 0.05) is 17.2 Å². The molecule has 0 saturated heterocycles. The summed E-state index contributed by atoms with van der Waals surface area (Å²) in [6.07, 6.45) is 15.9. The monoisotopic (exact) mass is 380 g/mol. The van der Waals surface area contributed by atoms with Crippen LogP contribution in [0, 0.1) is 0 Å². The second kappa shape index (κ2) is 17.9. The van der Waals surface area contributed by atoms with Gasteiger partial charge in [-0.1, -0.05) is 71.1 Å². The predicted octanol–water partition coefficient (Wildman–Crippen LogP) is 7.25. The summed E-state index contributed by atoms with van der Waals surface area (Å²) in [6.45, 7) is 4.57. The Bertz CT molecular complexity index is 285. The SMILES string of the molecule is CCCCCCCC[C@H](Cl)[C@@H](Cl)CCCCCCCC(=O)OCC. The predicted molar refractivity (Wildman–Crippen MR) is 106 cm³/mol. The van der Waals surface area contributed by atoms with Crippen molar-refractivity contribution in [2.24, 2.45) is 0 Å². The Morgan fingerprint density at radius 1 is 0.750 bits per heavy atom. The van der Waals surface area contributed by atoms with Crippen molar-refractivity contribution in [3.05, 3.63) is 0 Å². The number of esters is 1. The number of ether oxygens (including phenoxy) is 1. The molecule has 0 aliphatic rings. The highest BCUT2D eigenvalue weighted by atomic mass is 35.5. The first kappa shape index (κ1) is 24.1. The van der Waals surface area contributed by atoms with Crippen LogP contribution in [0.3, 0.4) is 0 Å². The van der Waals surface area contributed by atoms with E-state index in [9.17, 15) is 4.79 Å². The van der Waals surface area contributed by atoms with Gasteiger partial charge in [0.15, 0.2) is 0 Å². The fourth-order valence-electron chi connectivity index (χ4n) is 2.85. The Kier molecular flexibility index (Phi) is 17.9. The van der Waals surface area contributed by atoms with Crippen LogP contribution in [-0.4, -0.2) is 23.3 Å². The first-order valence-electron chi connectivity index (χ1n) is 10.1. The molecule has 2 atom stereocenters. The maximum Gasteiger partial charge on any atom is 0.305 e. The fourth-order valence-corrected chi connectivity index (χ4v) is 3.41. The quantitative estimate of drug-likeness (QED) is 0.151. The molecule has 0 amide bonds. The average Bonchev–Trinajstić information content (AvgIpc) is 2.56. The van der Waals surface area contributed by atoms with Crippen molar-refractivity contribution < 1.29 is 9.53 Å². The van der Waals surface area contributed by atoms with Crippen molar-refractivity contribution in [1.29, 1.82) is 0 Å². The lowest BCUT2D eigenvalue weighted by molar-refractivity contribution is -0.143. The van der Waals surface area contributed by atoms with Gasteiger partial charge in [0.1, 0.15) is 0 Å². The number of carbonyl (C=O) groups is 1. The van der Waals surface area contributed by atoms with Crippen LogP contribution in [0.4, 0.5) is 0 Å². The van der Waals surface area contributed by atoms with Crippen LogP contribution < -0.4 is 0 Å². The van der Waals surface area contributed by atoms with Crippen LogP contribution >= 0.6 is 23.2 Å². The van der Waals surface area contributed by atoms with Gasteiger partial charge in [-0.05, 0) is 26.2 Å². The first-order chi connectivity index (χ1) is 11.6. The minimum Gasteiger partial charge on any atom is -0.466 e. The highest BCUT2D eigenvalue weighted by Crippen LogP contribution is 2.23. The van der Waals surface area contributed by atoms with Gasteiger partial charge in [0.2, 0.25) is 0 Å². The van der Waals surface area contributed by atoms with E-state index >= 15 is 0 Å². The number of rotatable bonds is 17. The van der Waals surface area contributed by atoms with Crippen LogP contribution in [0.25, 0.3) is 0 Å². The van der Waals surface area contributed by atoms with Gasteiger partial charge in [0.25, 0.3) is 0 Å². The van der Waals surface area contributed by atoms with E-state index in [0.717, 1.165) is 38.5 Å². The van der Waals surface area contributed by atoms with Crippen molar-refractivity contribution in [1.82, 2.24) is 0 Å². The molecule has 0 bridgehead atoms. The molecule has 0 rings (SSSR count). The van der Waals surface area contributed by atoms with E-state index in [1.165, 1.54) is 44.9 Å². The molecule has 0 spiro atoms. The number of carbonyl (C=O) groups excluding carboxylic acids is 1. The molecule has 0 fully saturated rings. The largest absolute Gasteiger partial charge is 0.466 e. The highest BCUT2D eigenvalue weighted by Gasteiger charge is 2.15. The molecule has 0 saturated carbocycles. The highest BCUT2D eigenvalue weighted by molar-refractivity contribution is 6.29. The lowest BCUT2D eigenvalue weighted by atomic mass is 10.0. The fraction of sp³-hybridized carbons (Fsp3) is 0.950. The normalized spacial score (nSPS) is 13.7. The van der Waals surface area contributed by atoms with Gasteiger partial charge >= 0.3 is 5.97 Å². The summed E-state index contributed by atoms with van der Waals surface area (Å²) < 4.78 is 4.92. The molecule has 0 aliphatic carbocycles. The number of alkyl halides is 2. The van der Waals surface area contributed by atoms with Crippen molar-refractivity contribution >= 4 is 29.2 Å². The van der Waals surface area contributed by atoms with Crippen molar-refractivity contribution in [2.75, 3.05) is 6.61 Å². The number of halogens is 2. The molecule has 0 N–H and O–H groups in total. The lowest BCUT2D eigenvalue weighted by Gasteiger charge is -2.16. The topological polar surface area (TPSA) is 26.3 Å². The summed E-state index contributed by atoms with van der Waals surface area (Å²) in [4.78, 5) is 11.2. The van der Waals surface area contributed by atoms with Crippen LogP contribution in [0.1, 0.15) is 104 Å². The lowest BCUT2D eigenvalue weighted by Crippen LogP contribution is -2.14. The summed E-state index contributed by atoms with van der Waals surface area (Å²) in [5.41, 5.74) is 0. The molecule has 0 radical (unpaired) electrons. The zero-order valence-corrected chi connectivity index (χ0v) is 17.3. The number of hydrogen-bond acceptors (Lipinski definition) is 2. The van der Waals surface area contributed by atoms with Gasteiger partial charge in [0.05, 0.1) is 6.61 Å². The van der Waals surface area contributed by atoms with Gasteiger partial charge < -0.3 is 4.74 Å². The molecule has 0 aromatic heterocycles. The van der Waals surface area contributed by atoms with E-state index in [1.54, 1.807) is 0 Å². The molecule has 0 aliphatic heterocycles. The molecular formula is C20H38Cl2O2. The maximum atomic E-state index is 11.2. The van der Waals surface area contributed by atoms with E-state index in [1.807, 2.05) is 6.92 Å². The van der Waals surface area contributed by atoms with Crippen LogP contribution in [0.2, 0.25) is 0 Å². The molecule has 144 valence electrons. The standard InChI is InChI=1S/C20H38Cl2O2/c1-3-5-6-7-9-12-15-18(21)19(22)16-13-10-8-11-14-17-20(23)24-4-2/h18-19H,3-17H2,1-2H3/t18-,19-/m0/s1. The van der Waals surface area contributed by atoms with Crippen LogP contribution in [0.5, 0.6) is 0 Å². The zero-order valence-electron chi connectivity index (χ0n) is 15.8. The second-order valence-electron chi connectivity index (χ2n) is 6.70. The molecule has 0 unspecified atom stereocenters. The van der Waals surface area contributed by atoms with E-state index in [0.29, 0.717) is 13.0 Å². The Morgan fingerprint density at radius 2 is 1.21 bits per heavy atom. The average molecular weight is 381 g/mol. The van der Waals surface area contributed by atoms with Gasteiger partial charge in [-0.25, -0.2) is 0 Å². The van der Waals surface area contributed by atoms with Crippen LogP contribution in [-0.2, 0) is 9.53 Å². The van der Waals surface area contributed by atoms with Crippen molar-refractivity contribution in [3.63, 3.8) is 0 Å². The van der Waals surface area contributed by atoms with E-state index in [-0.39, 0.29) is 16.7 Å². The molecule has 0 heterocycles. The molecule has 2 nitrogen and oxygen atoms in total.